The zero-order chi connectivity index (χ0) is 16.8. The van der Waals surface area contributed by atoms with Gasteiger partial charge in [0.05, 0.1) is 0 Å². The first-order valence-electron chi connectivity index (χ1n) is 7.06. The van der Waals surface area contributed by atoms with E-state index in [4.69, 9.17) is 23.2 Å². The van der Waals surface area contributed by atoms with E-state index >= 15 is 0 Å². The normalized spacial score (nSPS) is 11.6. The van der Waals surface area contributed by atoms with Gasteiger partial charge >= 0.3 is 11.8 Å². The second-order valence-electron chi connectivity index (χ2n) is 5.13. The molecule has 4 nitrogen and oxygen atoms in total. The maximum atomic E-state index is 11.9. The number of carbonyl (C=O) groups excluding carboxylic acids is 2. The van der Waals surface area contributed by atoms with Crippen LogP contribution in [-0.2, 0) is 9.59 Å². The van der Waals surface area contributed by atoms with Crippen molar-refractivity contribution >= 4 is 40.7 Å². The summed E-state index contributed by atoms with van der Waals surface area (Å²) in [6.45, 7) is 2.34. The Morgan fingerprint density at radius 2 is 1.61 bits per heavy atom. The highest BCUT2D eigenvalue weighted by atomic mass is 35.5. The number of amides is 2. The average molecular weight is 351 g/mol. The van der Waals surface area contributed by atoms with E-state index in [1.165, 1.54) is 12.1 Å². The lowest BCUT2D eigenvalue weighted by molar-refractivity contribution is -0.136. The Hall–Kier alpha value is -2.04. The summed E-state index contributed by atoms with van der Waals surface area (Å²) in [4.78, 5) is 23.7. The quantitative estimate of drug-likeness (QED) is 0.822. The van der Waals surface area contributed by atoms with Crippen LogP contribution in [0, 0.1) is 0 Å². The fraction of sp³-hybridized carbons (Fsp3) is 0.176. The van der Waals surface area contributed by atoms with Crippen molar-refractivity contribution in [2.75, 3.05) is 11.9 Å². The van der Waals surface area contributed by atoms with E-state index in [1.807, 2.05) is 37.3 Å². The van der Waals surface area contributed by atoms with Gasteiger partial charge in [0.25, 0.3) is 0 Å². The van der Waals surface area contributed by atoms with Crippen LogP contribution >= 0.6 is 23.2 Å². The van der Waals surface area contributed by atoms with Gasteiger partial charge in [0.1, 0.15) is 0 Å². The Kier molecular flexibility index (Phi) is 6.02. The van der Waals surface area contributed by atoms with Gasteiger partial charge in [0.2, 0.25) is 0 Å². The largest absolute Gasteiger partial charge is 0.347 e. The van der Waals surface area contributed by atoms with Crippen molar-refractivity contribution in [1.29, 1.82) is 0 Å². The zero-order valence-corrected chi connectivity index (χ0v) is 14.0. The molecule has 23 heavy (non-hydrogen) atoms. The van der Waals surface area contributed by atoms with Crippen molar-refractivity contribution in [1.82, 2.24) is 5.32 Å². The third kappa shape index (κ3) is 5.27. The van der Waals surface area contributed by atoms with E-state index in [2.05, 4.69) is 10.6 Å². The predicted molar refractivity (Wildman–Crippen MR) is 93.0 cm³/mol. The maximum Gasteiger partial charge on any atom is 0.313 e. The first-order valence-corrected chi connectivity index (χ1v) is 7.81. The van der Waals surface area contributed by atoms with Crippen molar-refractivity contribution in [3.05, 3.63) is 64.1 Å². The smallest absolute Gasteiger partial charge is 0.313 e. The van der Waals surface area contributed by atoms with Crippen LogP contribution < -0.4 is 10.6 Å². The van der Waals surface area contributed by atoms with Crippen LogP contribution in [0.3, 0.4) is 0 Å². The summed E-state index contributed by atoms with van der Waals surface area (Å²) in [5.74, 6) is -1.36. The Balaban J connectivity index is 1.89. The highest BCUT2D eigenvalue weighted by Gasteiger charge is 2.15. The Labute approximate surface area is 144 Å². The van der Waals surface area contributed by atoms with E-state index in [0.29, 0.717) is 22.3 Å². The molecular formula is C17H16Cl2N2O2. The minimum atomic E-state index is -0.761. The van der Waals surface area contributed by atoms with E-state index in [-0.39, 0.29) is 5.92 Å². The maximum absolute atomic E-state index is 11.9. The Morgan fingerprint density at radius 3 is 2.22 bits per heavy atom. The second-order valence-corrected chi connectivity index (χ2v) is 6.01. The molecule has 0 aromatic heterocycles. The van der Waals surface area contributed by atoms with Gasteiger partial charge in [-0.3, -0.25) is 9.59 Å². The standard InChI is InChI=1S/C17H16Cl2N2O2/c1-11(12-5-3-2-4-6-12)10-20-16(22)17(23)21-15-8-13(18)7-14(19)9-15/h2-9,11H,10H2,1H3,(H,20,22)(H,21,23). The minimum absolute atomic E-state index is 0.105. The van der Waals surface area contributed by atoms with Gasteiger partial charge in [-0.1, -0.05) is 60.5 Å². The molecule has 6 heteroatoms. The molecule has 2 aromatic carbocycles. The van der Waals surface area contributed by atoms with Gasteiger partial charge in [-0.05, 0) is 29.7 Å². The number of halogens is 2. The zero-order valence-electron chi connectivity index (χ0n) is 12.5. The molecule has 0 saturated carbocycles. The SMILES string of the molecule is CC(CNC(=O)C(=O)Nc1cc(Cl)cc(Cl)c1)c1ccccc1. The fourth-order valence-corrected chi connectivity index (χ4v) is 2.57. The molecule has 2 aromatic rings. The van der Waals surface area contributed by atoms with Crippen LogP contribution in [-0.4, -0.2) is 18.4 Å². The summed E-state index contributed by atoms with van der Waals surface area (Å²) in [5.41, 5.74) is 1.47. The number of hydrogen-bond donors (Lipinski definition) is 2. The summed E-state index contributed by atoms with van der Waals surface area (Å²) in [6.07, 6.45) is 0. The van der Waals surface area contributed by atoms with Crippen LogP contribution in [0.15, 0.2) is 48.5 Å². The van der Waals surface area contributed by atoms with Crippen molar-refractivity contribution in [3.63, 3.8) is 0 Å². The van der Waals surface area contributed by atoms with E-state index in [0.717, 1.165) is 5.56 Å². The number of benzene rings is 2. The van der Waals surface area contributed by atoms with Gasteiger partial charge in [-0.15, -0.1) is 0 Å². The lowest BCUT2D eigenvalue weighted by Gasteiger charge is -2.13. The van der Waals surface area contributed by atoms with Crippen LogP contribution in [0.4, 0.5) is 5.69 Å². The molecule has 0 bridgehead atoms. The minimum Gasteiger partial charge on any atom is -0.347 e. The molecule has 0 saturated heterocycles. The summed E-state index contributed by atoms with van der Waals surface area (Å²) in [5, 5.41) is 5.84. The molecule has 2 N–H and O–H groups in total. The summed E-state index contributed by atoms with van der Waals surface area (Å²) < 4.78 is 0. The molecule has 120 valence electrons. The van der Waals surface area contributed by atoms with Crippen molar-refractivity contribution < 1.29 is 9.59 Å². The Bertz CT molecular complexity index is 685. The monoisotopic (exact) mass is 350 g/mol. The number of hydrogen-bond acceptors (Lipinski definition) is 2. The van der Waals surface area contributed by atoms with Crippen molar-refractivity contribution in [2.24, 2.45) is 0 Å². The lowest BCUT2D eigenvalue weighted by Crippen LogP contribution is -2.37. The van der Waals surface area contributed by atoms with E-state index < -0.39 is 11.8 Å². The summed E-state index contributed by atoms with van der Waals surface area (Å²) in [6, 6.07) is 14.3. The van der Waals surface area contributed by atoms with Gasteiger partial charge in [0.15, 0.2) is 0 Å². The van der Waals surface area contributed by atoms with Gasteiger partial charge in [-0.2, -0.15) is 0 Å². The van der Waals surface area contributed by atoms with Gasteiger partial charge in [-0.25, -0.2) is 0 Å². The van der Waals surface area contributed by atoms with Crippen LogP contribution in [0.2, 0.25) is 10.0 Å². The fourth-order valence-electron chi connectivity index (χ4n) is 2.04. The third-order valence-electron chi connectivity index (χ3n) is 3.26. The number of nitrogens with one attached hydrogen (secondary N) is 2. The molecule has 1 unspecified atom stereocenters. The molecule has 0 radical (unpaired) electrons. The van der Waals surface area contributed by atoms with Crippen molar-refractivity contribution in [2.45, 2.75) is 12.8 Å². The number of carbonyl (C=O) groups is 2. The Morgan fingerprint density at radius 1 is 1.00 bits per heavy atom. The topological polar surface area (TPSA) is 58.2 Å². The molecule has 0 spiro atoms. The molecule has 0 aliphatic heterocycles. The first kappa shape index (κ1) is 17.3. The summed E-state index contributed by atoms with van der Waals surface area (Å²) in [7, 11) is 0. The number of rotatable bonds is 4. The molecule has 0 heterocycles. The second kappa shape index (κ2) is 7.99. The molecule has 0 fully saturated rings. The van der Waals surface area contributed by atoms with E-state index in [1.54, 1.807) is 6.07 Å². The molecule has 0 aliphatic carbocycles. The van der Waals surface area contributed by atoms with E-state index in [9.17, 15) is 9.59 Å². The molecule has 2 amide bonds. The lowest BCUT2D eigenvalue weighted by atomic mass is 10.0. The van der Waals surface area contributed by atoms with Crippen LogP contribution in [0.25, 0.3) is 0 Å². The number of anilines is 1. The average Bonchev–Trinajstić information content (AvgIpc) is 2.52. The van der Waals surface area contributed by atoms with Crippen molar-refractivity contribution in [3.8, 4) is 0 Å². The first-order chi connectivity index (χ1) is 11.0. The highest BCUT2D eigenvalue weighted by Crippen LogP contribution is 2.22. The van der Waals surface area contributed by atoms with Gasteiger partial charge in [0, 0.05) is 22.3 Å². The van der Waals surface area contributed by atoms with Gasteiger partial charge < -0.3 is 10.6 Å². The predicted octanol–water partition coefficient (Wildman–Crippen LogP) is 3.85. The molecular weight excluding hydrogens is 335 g/mol. The van der Waals surface area contributed by atoms with Crippen LogP contribution in [0.1, 0.15) is 18.4 Å². The third-order valence-corrected chi connectivity index (χ3v) is 3.70. The molecule has 1 atom stereocenters. The van der Waals surface area contributed by atoms with Crippen LogP contribution in [0.5, 0.6) is 0 Å². The molecule has 2 rings (SSSR count). The molecule has 0 aliphatic rings. The summed E-state index contributed by atoms with van der Waals surface area (Å²) >= 11 is 11.7. The highest BCUT2D eigenvalue weighted by molar-refractivity contribution is 6.40.